The molecule has 2 amide bonds. The number of ether oxygens (including phenoxy) is 2. The number of aromatic nitrogens is 1. The number of thioether (sulfide) groups is 1. The van der Waals surface area contributed by atoms with E-state index in [0.717, 1.165) is 22.4 Å². The van der Waals surface area contributed by atoms with E-state index in [1.165, 1.54) is 26.4 Å². The third kappa shape index (κ3) is 4.72. The Bertz CT molecular complexity index is 1360. The van der Waals surface area contributed by atoms with E-state index < -0.39 is 11.1 Å². The molecule has 0 unspecified atom stereocenters. The van der Waals surface area contributed by atoms with E-state index in [4.69, 9.17) is 9.47 Å². The number of aryl methyl sites for hydroxylation is 1. The van der Waals surface area contributed by atoms with E-state index in [1.807, 2.05) is 11.5 Å². The zero-order chi connectivity index (χ0) is 25.3. The molecule has 0 N–H and O–H groups in total. The van der Waals surface area contributed by atoms with Crippen molar-refractivity contribution in [3.8, 4) is 17.2 Å². The van der Waals surface area contributed by atoms with Crippen LogP contribution in [-0.4, -0.2) is 47.2 Å². The monoisotopic (exact) mass is 494 g/mol. The molecule has 2 aromatic carbocycles. The molecule has 4 rings (SSSR count). The number of carbonyl (C=O) groups excluding carboxylic acids is 3. The van der Waals surface area contributed by atoms with Crippen molar-refractivity contribution < 1.29 is 28.2 Å². The van der Waals surface area contributed by atoms with Gasteiger partial charge in [-0.3, -0.25) is 19.3 Å². The van der Waals surface area contributed by atoms with Crippen molar-refractivity contribution in [3.05, 3.63) is 81.8 Å². The second kappa shape index (κ2) is 9.79. The van der Waals surface area contributed by atoms with Gasteiger partial charge in [-0.15, -0.1) is 0 Å². The number of nitrogens with zero attached hydrogens (tertiary/aromatic N) is 2. The van der Waals surface area contributed by atoms with Gasteiger partial charge in [0.25, 0.3) is 11.1 Å². The summed E-state index contributed by atoms with van der Waals surface area (Å²) < 4.78 is 25.7. The molecular formula is C26H23FN2O5S. The second-order valence-electron chi connectivity index (χ2n) is 7.90. The van der Waals surface area contributed by atoms with Crippen LogP contribution in [-0.2, 0) is 4.79 Å². The van der Waals surface area contributed by atoms with E-state index in [-0.39, 0.29) is 23.1 Å². The summed E-state index contributed by atoms with van der Waals surface area (Å²) in [6.45, 7) is 3.23. The lowest BCUT2D eigenvalue weighted by Gasteiger charge is -2.12. The number of Topliss-reactive ketones (excluding diaryl/α,β-unsaturated/α-hetero) is 1. The molecule has 0 radical (unpaired) electrons. The molecule has 0 atom stereocenters. The molecular weight excluding hydrogens is 471 g/mol. The molecule has 0 spiro atoms. The van der Waals surface area contributed by atoms with Gasteiger partial charge in [-0.25, -0.2) is 4.39 Å². The number of hydrogen-bond acceptors (Lipinski definition) is 6. The Labute approximate surface area is 206 Å². The Morgan fingerprint density at radius 3 is 2.34 bits per heavy atom. The van der Waals surface area contributed by atoms with Crippen LogP contribution in [0.2, 0.25) is 0 Å². The number of methoxy groups -OCH3 is 2. The van der Waals surface area contributed by atoms with Crippen molar-refractivity contribution >= 4 is 34.8 Å². The second-order valence-corrected chi connectivity index (χ2v) is 8.90. The smallest absolute Gasteiger partial charge is 0.293 e. The molecule has 180 valence electrons. The summed E-state index contributed by atoms with van der Waals surface area (Å²) in [5.74, 6) is -0.210. The first-order chi connectivity index (χ1) is 16.7. The summed E-state index contributed by atoms with van der Waals surface area (Å²) in [6.07, 6.45) is 1.58. The van der Waals surface area contributed by atoms with Gasteiger partial charge in [0.1, 0.15) is 5.82 Å². The molecule has 1 aliphatic heterocycles. The number of hydrogen-bond donors (Lipinski definition) is 0. The average Bonchev–Trinajstić information content (AvgIpc) is 3.28. The summed E-state index contributed by atoms with van der Waals surface area (Å²) in [4.78, 5) is 39.8. The zero-order valence-corrected chi connectivity index (χ0v) is 20.4. The summed E-state index contributed by atoms with van der Waals surface area (Å²) in [5.41, 5.74) is 3.19. The third-order valence-corrected chi connectivity index (χ3v) is 6.60. The van der Waals surface area contributed by atoms with Crippen LogP contribution >= 0.6 is 11.8 Å². The van der Waals surface area contributed by atoms with E-state index >= 15 is 0 Å². The van der Waals surface area contributed by atoms with Gasteiger partial charge in [-0.05, 0) is 79.7 Å². The molecule has 1 aromatic heterocycles. The molecule has 0 saturated carbocycles. The summed E-state index contributed by atoms with van der Waals surface area (Å²) in [7, 11) is 3.03. The summed E-state index contributed by atoms with van der Waals surface area (Å²) in [5, 5.41) is -0.512. The molecule has 7 nitrogen and oxygen atoms in total. The summed E-state index contributed by atoms with van der Waals surface area (Å²) >= 11 is 0.782. The van der Waals surface area contributed by atoms with E-state index in [1.54, 1.807) is 49.4 Å². The number of ketones is 1. The Hall–Kier alpha value is -3.85. The van der Waals surface area contributed by atoms with Crippen molar-refractivity contribution in [2.45, 2.75) is 13.8 Å². The van der Waals surface area contributed by atoms with Gasteiger partial charge in [-0.2, -0.15) is 0 Å². The number of carbonyl (C=O) groups is 3. The van der Waals surface area contributed by atoms with Crippen LogP contribution in [0.1, 0.15) is 27.3 Å². The molecule has 0 bridgehead atoms. The lowest BCUT2D eigenvalue weighted by atomic mass is 10.1. The van der Waals surface area contributed by atoms with Gasteiger partial charge in [0.2, 0.25) is 0 Å². The van der Waals surface area contributed by atoms with Crippen molar-refractivity contribution in [3.63, 3.8) is 0 Å². The molecule has 1 aliphatic rings. The quantitative estimate of drug-likeness (QED) is 0.333. The first-order valence-electron chi connectivity index (χ1n) is 10.7. The topological polar surface area (TPSA) is 77.8 Å². The van der Waals surface area contributed by atoms with Crippen LogP contribution in [0.5, 0.6) is 11.5 Å². The Balaban J connectivity index is 1.55. The standard InChI is InChI=1S/C26H23FN2O5S/c1-15-11-20(16(2)29(15)19-8-6-18(27)7-9-19)21(30)14-28-25(31)24(35-26(28)32)13-17-5-10-22(33-3)23(12-17)34-4/h5-13H,14H2,1-4H3/b24-13+. The average molecular weight is 495 g/mol. The van der Waals surface area contributed by atoms with Gasteiger partial charge in [0.15, 0.2) is 17.3 Å². The predicted octanol–water partition coefficient (Wildman–Crippen LogP) is 5.17. The highest BCUT2D eigenvalue weighted by molar-refractivity contribution is 8.18. The SMILES string of the molecule is COc1ccc(/C=C2/SC(=O)N(CC(=O)c3cc(C)n(-c4ccc(F)cc4)c3C)C2=O)cc1OC. The number of amides is 2. The van der Waals surface area contributed by atoms with Crippen LogP contribution in [0.15, 0.2) is 53.4 Å². The van der Waals surface area contributed by atoms with E-state index in [0.29, 0.717) is 34.0 Å². The lowest BCUT2D eigenvalue weighted by Crippen LogP contribution is -2.33. The van der Waals surface area contributed by atoms with Gasteiger partial charge in [-0.1, -0.05) is 6.07 Å². The van der Waals surface area contributed by atoms with Crippen LogP contribution in [0.4, 0.5) is 9.18 Å². The maximum Gasteiger partial charge on any atom is 0.293 e. The fraction of sp³-hybridized carbons (Fsp3) is 0.192. The van der Waals surface area contributed by atoms with Crippen molar-refractivity contribution in [1.82, 2.24) is 9.47 Å². The van der Waals surface area contributed by atoms with E-state index in [9.17, 15) is 18.8 Å². The Kier molecular flexibility index (Phi) is 6.79. The van der Waals surface area contributed by atoms with Crippen molar-refractivity contribution in [2.75, 3.05) is 20.8 Å². The normalized spacial score (nSPS) is 14.7. The van der Waals surface area contributed by atoms with Crippen LogP contribution in [0, 0.1) is 19.7 Å². The van der Waals surface area contributed by atoms with Crippen LogP contribution in [0.25, 0.3) is 11.8 Å². The van der Waals surface area contributed by atoms with Crippen molar-refractivity contribution in [2.24, 2.45) is 0 Å². The zero-order valence-electron chi connectivity index (χ0n) is 19.6. The van der Waals surface area contributed by atoms with Gasteiger partial charge < -0.3 is 14.0 Å². The molecule has 1 saturated heterocycles. The number of rotatable bonds is 7. The molecule has 3 aromatic rings. The molecule has 0 aliphatic carbocycles. The highest BCUT2D eigenvalue weighted by Gasteiger charge is 2.37. The minimum atomic E-state index is -0.532. The predicted molar refractivity (Wildman–Crippen MR) is 132 cm³/mol. The minimum Gasteiger partial charge on any atom is -0.493 e. The molecule has 35 heavy (non-hydrogen) atoms. The van der Waals surface area contributed by atoms with Crippen LogP contribution in [0.3, 0.4) is 0 Å². The molecule has 2 heterocycles. The van der Waals surface area contributed by atoms with Gasteiger partial charge >= 0.3 is 0 Å². The van der Waals surface area contributed by atoms with Crippen LogP contribution < -0.4 is 9.47 Å². The Morgan fingerprint density at radius 1 is 1.00 bits per heavy atom. The number of imide groups is 1. The maximum absolute atomic E-state index is 13.3. The highest BCUT2D eigenvalue weighted by atomic mass is 32.2. The summed E-state index contributed by atoms with van der Waals surface area (Å²) in [6, 6.07) is 12.8. The van der Waals surface area contributed by atoms with Crippen molar-refractivity contribution in [1.29, 1.82) is 0 Å². The maximum atomic E-state index is 13.3. The number of halogens is 1. The van der Waals surface area contributed by atoms with Gasteiger partial charge in [0, 0.05) is 22.6 Å². The van der Waals surface area contributed by atoms with E-state index in [2.05, 4.69) is 0 Å². The molecule has 1 fully saturated rings. The molecule has 9 heteroatoms. The minimum absolute atomic E-state index is 0.215. The fourth-order valence-electron chi connectivity index (χ4n) is 3.99. The van der Waals surface area contributed by atoms with Gasteiger partial charge in [0.05, 0.1) is 25.7 Å². The Morgan fingerprint density at radius 2 is 1.69 bits per heavy atom. The lowest BCUT2D eigenvalue weighted by molar-refractivity contribution is -0.122. The first kappa shape index (κ1) is 24.3. The third-order valence-electron chi connectivity index (χ3n) is 5.70. The highest BCUT2D eigenvalue weighted by Crippen LogP contribution is 2.35. The fourth-order valence-corrected chi connectivity index (χ4v) is 4.83. The number of benzene rings is 2. The first-order valence-corrected chi connectivity index (χ1v) is 11.5. The largest absolute Gasteiger partial charge is 0.493 e.